The van der Waals surface area contributed by atoms with Crippen molar-refractivity contribution >= 4 is 28.7 Å². The number of aromatic nitrogens is 1. The van der Waals surface area contributed by atoms with Crippen LogP contribution in [0.25, 0.3) is 0 Å². The number of thiazole rings is 1. The first-order valence-electron chi connectivity index (χ1n) is 8.25. The van der Waals surface area contributed by atoms with E-state index in [0.29, 0.717) is 28.9 Å². The van der Waals surface area contributed by atoms with Crippen LogP contribution in [-0.2, 0) is 16.0 Å². The van der Waals surface area contributed by atoms with Gasteiger partial charge in [0, 0.05) is 5.38 Å². The molecule has 2 rings (SSSR count). The number of ether oxygens (including phenoxy) is 3. The molecule has 140 valence electrons. The van der Waals surface area contributed by atoms with Crippen molar-refractivity contribution in [1.29, 1.82) is 0 Å². The normalized spacial score (nSPS) is 11.0. The maximum atomic E-state index is 11.4. The summed E-state index contributed by atoms with van der Waals surface area (Å²) < 4.78 is 15.9. The first kappa shape index (κ1) is 19.7. The summed E-state index contributed by atoms with van der Waals surface area (Å²) in [5, 5.41) is 6.57. The Morgan fingerprint density at radius 2 is 2.19 bits per heavy atom. The third-order valence-electron chi connectivity index (χ3n) is 3.11. The number of nitrogens with zero attached hydrogens (tertiary/aromatic N) is 2. The van der Waals surface area contributed by atoms with E-state index in [0.717, 1.165) is 5.56 Å². The van der Waals surface area contributed by atoms with E-state index in [1.165, 1.54) is 11.3 Å². The molecular weight excluding hydrogens is 354 g/mol. The largest absolute Gasteiger partial charge is 0.493 e. The minimum Gasteiger partial charge on any atom is -0.493 e. The summed E-state index contributed by atoms with van der Waals surface area (Å²) in [5.41, 5.74) is 4.37. The topological polar surface area (TPSA) is 82.0 Å². The number of hydrazone groups is 1. The zero-order valence-corrected chi connectivity index (χ0v) is 16.1. The number of nitrogens with one attached hydrogen (secondary N) is 1. The number of methoxy groups -OCH3 is 1. The number of esters is 1. The van der Waals surface area contributed by atoms with Gasteiger partial charge in [-0.3, -0.25) is 10.2 Å². The van der Waals surface area contributed by atoms with Crippen LogP contribution in [0.2, 0.25) is 0 Å². The second kappa shape index (κ2) is 9.76. The van der Waals surface area contributed by atoms with Crippen LogP contribution in [0.1, 0.15) is 32.0 Å². The molecule has 8 heteroatoms. The lowest BCUT2D eigenvalue weighted by atomic mass is 10.2. The van der Waals surface area contributed by atoms with Gasteiger partial charge in [-0.2, -0.15) is 5.10 Å². The molecule has 1 heterocycles. The molecule has 0 spiro atoms. The zero-order chi connectivity index (χ0) is 18.9. The molecule has 1 aromatic carbocycles. The third-order valence-corrected chi connectivity index (χ3v) is 3.90. The van der Waals surface area contributed by atoms with Crippen LogP contribution in [0, 0.1) is 0 Å². The van der Waals surface area contributed by atoms with Crippen LogP contribution in [0.4, 0.5) is 5.13 Å². The van der Waals surface area contributed by atoms with Gasteiger partial charge >= 0.3 is 5.97 Å². The first-order valence-corrected chi connectivity index (χ1v) is 9.13. The molecule has 0 radical (unpaired) electrons. The first-order chi connectivity index (χ1) is 12.5. The van der Waals surface area contributed by atoms with Crippen molar-refractivity contribution in [3.05, 3.63) is 34.8 Å². The van der Waals surface area contributed by atoms with Gasteiger partial charge in [-0.1, -0.05) is 0 Å². The van der Waals surface area contributed by atoms with E-state index in [1.54, 1.807) is 25.6 Å². The molecule has 0 fully saturated rings. The lowest BCUT2D eigenvalue weighted by Crippen LogP contribution is -2.07. The van der Waals surface area contributed by atoms with Crippen molar-refractivity contribution in [2.24, 2.45) is 5.10 Å². The second-order valence-electron chi connectivity index (χ2n) is 5.57. The number of hydrogen-bond donors (Lipinski definition) is 1. The van der Waals surface area contributed by atoms with Crippen LogP contribution in [-0.4, -0.2) is 37.0 Å². The number of rotatable bonds is 9. The predicted molar refractivity (Wildman–Crippen MR) is 102 cm³/mol. The van der Waals surface area contributed by atoms with Gasteiger partial charge in [-0.15, -0.1) is 11.3 Å². The predicted octanol–water partition coefficient (Wildman–Crippen LogP) is 3.49. The molecule has 0 amide bonds. The van der Waals surface area contributed by atoms with Gasteiger partial charge in [0.2, 0.25) is 5.13 Å². The van der Waals surface area contributed by atoms with Crippen LogP contribution >= 0.6 is 11.3 Å². The summed E-state index contributed by atoms with van der Waals surface area (Å²) >= 11 is 1.37. The highest BCUT2D eigenvalue weighted by Crippen LogP contribution is 2.28. The van der Waals surface area contributed by atoms with Crippen molar-refractivity contribution < 1.29 is 19.0 Å². The highest BCUT2D eigenvalue weighted by Gasteiger charge is 2.08. The van der Waals surface area contributed by atoms with Crippen LogP contribution < -0.4 is 14.9 Å². The van der Waals surface area contributed by atoms with E-state index in [9.17, 15) is 4.79 Å². The minimum absolute atomic E-state index is 0.0683. The minimum atomic E-state index is -0.288. The Morgan fingerprint density at radius 3 is 2.88 bits per heavy atom. The van der Waals surface area contributed by atoms with Gasteiger partial charge in [0.1, 0.15) is 0 Å². The Labute approximate surface area is 157 Å². The molecule has 0 saturated heterocycles. The Morgan fingerprint density at radius 1 is 1.38 bits per heavy atom. The summed E-state index contributed by atoms with van der Waals surface area (Å²) in [4.78, 5) is 15.7. The summed E-state index contributed by atoms with van der Waals surface area (Å²) in [6.07, 6.45) is 1.89. The van der Waals surface area contributed by atoms with Gasteiger partial charge in [0.15, 0.2) is 11.5 Å². The quantitative estimate of drug-likeness (QED) is 0.409. The van der Waals surface area contributed by atoms with E-state index in [4.69, 9.17) is 14.2 Å². The standard InChI is InChI=1S/C18H23N3O4S/c1-5-24-17(22)9-14-11-26-18(20-14)21-19-10-13-6-7-15(25-12(2)3)16(8-13)23-4/h6-8,10-12H,5,9H2,1-4H3,(H,20,21)/b19-10-. The van der Waals surface area contributed by atoms with Crippen molar-refractivity contribution in [3.8, 4) is 11.5 Å². The van der Waals surface area contributed by atoms with Crippen molar-refractivity contribution in [2.75, 3.05) is 19.1 Å². The SMILES string of the molecule is CCOC(=O)Cc1csc(N/N=C\c2ccc(OC(C)C)c(OC)c2)n1. The molecule has 0 aliphatic rings. The fraction of sp³-hybridized carbons (Fsp3) is 0.389. The second-order valence-corrected chi connectivity index (χ2v) is 6.43. The molecule has 0 atom stereocenters. The molecule has 2 aromatic rings. The maximum Gasteiger partial charge on any atom is 0.311 e. The maximum absolute atomic E-state index is 11.4. The summed E-state index contributed by atoms with van der Waals surface area (Å²) in [5.74, 6) is 1.05. The Kier molecular flexibility index (Phi) is 7.40. The Hall–Kier alpha value is -2.61. The molecule has 7 nitrogen and oxygen atoms in total. The summed E-state index contributed by atoms with van der Waals surface area (Å²) in [6.45, 7) is 6.06. The monoisotopic (exact) mass is 377 g/mol. The van der Waals surface area contributed by atoms with Gasteiger partial charge in [-0.25, -0.2) is 4.98 Å². The van der Waals surface area contributed by atoms with E-state index in [1.807, 2.05) is 32.0 Å². The number of hydrogen-bond acceptors (Lipinski definition) is 8. The average Bonchev–Trinajstić information content (AvgIpc) is 3.03. The van der Waals surface area contributed by atoms with Crippen molar-refractivity contribution in [3.63, 3.8) is 0 Å². The van der Waals surface area contributed by atoms with Gasteiger partial charge in [0.05, 0.1) is 38.1 Å². The summed E-state index contributed by atoms with van der Waals surface area (Å²) in [7, 11) is 1.60. The summed E-state index contributed by atoms with van der Waals surface area (Å²) in [6, 6.07) is 5.58. The molecule has 0 saturated carbocycles. The van der Waals surface area contributed by atoms with Gasteiger partial charge in [0.25, 0.3) is 0 Å². The van der Waals surface area contributed by atoms with E-state index in [-0.39, 0.29) is 18.5 Å². The fourth-order valence-electron chi connectivity index (χ4n) is 2.08. The van der Waals surface area contributed by atoms with Crippen LogP contribution in [0.15, 0.2) is 28.7 Å². The lowest BCUT2D eigenvalue weighted by molar-refractivity contribution is -0.142. The Bertz CT molecular complexity index is 759. The average molecular weight is 377 g/mol. The molecular formula is C18H23N3O4S. The molecule has 26 heavy (non-hydrogen) atoms. The fourth-order valence-corrected chi connectivity index (χ4v) is 2.74. The smallest absolute Gasteiger partial charge is 0.311 e. The van der Waals surface area contributed by atoms with E-state index >= 15 is 0 Å². The van der Waals surface area contributed by atoms with Gasteiger partial charge in [-0.05, 0) is 44.5 Å². The molecule has 1 aromatic heterocycles. The molecule has 0 aliphatic heterocycles. The lowest BCUT2D eigenvalue weighted by Gasteiger charge is -2.13. The number of anilines is 1. The number of carbonyl (C=O) groups excluding carboxylic acids is 1. The number of carbonyl (C=O) groups is 1. The zero-order valence-electron chi connectivity index (χ0n) is 15.3. The van der Waals surface area contributed by atoms with E-state index < -0.39 is 0 Å². The van der Waals surface area contributed by atoms with Crippen LogP contribution in [0.5, 0.6) is 11.5 Å². The highest BCUT2D eigenvalue weighted by molar-refractivity contribution is 7.13. The van der Waals surface area contributed by atoms with Crippen LogP contribution in [0.3, 0.4) is 0 Å². The Balaban J connectivity index is 1.96. The van der Waals surface area contributed by atoms with E-state index in [2.05, 4.69) is 15.5 Å². The number of benzene rings is 1. The van der Waals surface area contributed by atoms with Gasteiger partial charge < -0.3 is 14.2 Å². The van der Waals surface area contributed by atoms with Crippen molar-refractivity contribution in [1.82, 2.24) is 4.98 Å². The van der Waals surface area contributed by atoms with Crippen molar-refractivity contribution in [2.45, 2.75) is 33.3 Å². The molecule has 0 unspecified atom stereocenters. The molecule has 1 N–H and O–H groups in total. The molecule has 0 bridgehead atoms. The third kappa shape index (κ3) is 6.03. The molecule has 0 aliphatic carbocycles. The highest BCUT2D eigenvalue weighted by atomic mass is 32.1.